The van der Waals surface area contributed by atoms with E-state index in [4.69, 9.17) is 14.2 Å². The second-order valence-corrected chi connectivity index (χ2v) is 21.3. The van der Waals surface area contributed by atoms with Gasteiger partial charge < -0.3 is 38.6 Å². The molecule has 3 amide bonds. The molecule has 2 saturated heterocycles. The second kappa shape index (κ2) is 21.3. The van der Waals surface area contributed by atoms with Crippen LogP contribution in [0.5, 0.6) is 17.2 Å². The number of rotatable bonds is 14. The Hall–Kier alpha value is -7.51. The van der Waals surface area contributed by atoms with Crippen molar-refractivity contribution in [2.24, 2.45) is 12.5 Å². The van der Waals surface area contributed by atoms with E-state index in [2.05, 4.69) is 34.1 Å². The van der Waals surface area contributed by atoms with E-state index in [0.717, 1.165) is 49.4 Å². The molecule has 1 aliphatic carbocycles. The first-order chi connectivity index (χ1) is 36.9. The Kier molecular flexibility index (Phi) is 14.2. The maximum absolute atomic E-state index is 16.0. The van der Waals surface area contributed by atoms with Crippen LogP contribution in [0.3, 0.4) is 0 Å². The number of nitrogens with zero attached hydrogens (tertiary/aromatic N) is 7. The van der Waals surface area contributed by atoms with Crippen LogP contribution < -0.4 is 14.4 Å². The molecule has 15 heteroatoms. The highest BCUT2D eigenvalue weighted by molar-refractivity contribution is 6.16. The van der Waals surface area contributed by atoms with Gasteiger partial charge in [-0.2, -0.15) is 5.26 Å². The Bertz CT molecular complexity index is 3240. The molecule has 5 aromatic carbocycles. The van der Waals surface area contributed by atoms with Gasteiger partial charge in [0.15, 0.2) is 0 Å². The van der Waals surface area contributed by atoms with Gasteiger partial charge in [-0.1, -0.05) is 36.8 Å². The van der Waals surface area contributed by atoms with Crippen molar-refractivity contribution in [2.45, 2.75) is 64.6 Å². The summed E-state index contributed by atoms with van der Waals surface area (Å²) in [7, 11) is 3.36. The molecule has 1 saturated carbocycles. The van der Waals surface area contributed by atoms with E-state index in [1.165, 1.54) is 55.0 Å². The van der Waals surface area contributed by atoms with E-state index in [-0.39, 0.29) is 47.7 Å². The zero-order valence-corrected chi connectivity index (χ0v) is 43.5. The lowest BCUT2D eigenvalue weighted by Crippen LogP contribution is -2.63. The van der Waals surface area contributed by atoms with Gasteiger partial charge in [-0.15, -0.1) is 0 Å². The van der Waals surface area contributed by atoms with Crippen molar-refractivity contribution in [2.75, 3.05) is 77.6 Å². The van der Waals surface area contributed by atoms with Gasteiger partial charge in [0.05, 0.1) is 43.6 Å². The minimum absolute atomic E-state index is 0.0232. The second-order valence-electron chi connectivity index (χ2n) is 21.3. The molecule has 3 fully saturated rings. The first-order valence-electron chi connectivity index (χ1n) is 26.5. The summed E-state index contributed by atoms with van der Waals surface area (Å²) in [6, 6.07) is 30.3. The Morgan fingerprint density at radius 2 is 1.63 bits per heavy atom. The Labute approximate surface area is 443 Å². The number of phenolic OH excluding ortho intramolecular Hbond substituents is 1. The Morgan fingerprint density at radius 1 is 0.868 bits per heavy atom. The molecular formula is C61H64FN7O7. The third kappa shape index (κ3) is 10.0. The number of hydrogen-bond acceptors (Lipinski definition) is 10. The lowest BCUT2D eigenvalue weighted by Gasteiger charge is -2.57. The van der Waals surface area contributed by atoms with Gasteiger partial charge in [0.1, 0.15) is 35.7 Å². The molecule has 4 aliphatic heterocycles. The summed E-state index contributed by atoms with van der Waals surface area (Å²) < 4.78 is 34.4. The van der Waals surface area contributed by atoms with Gasteiger partial charge in [-0.05, 0) is 132 Å². The minimum atomic E-state index is -0.504. The number of likely N-dealkylation sites (tertiary alicyclic amines) is 1. The predicted molar refractivity (Wildman–Crippen MR) is 286 cm³/mol. The lowest BCUT2D eigenvalue weighted by atomic mass is 9.63. The number of phenols is 1. The zero-order chi connectivity index (χ0) is 52.7. The van der Waals surface area contributed by atoms with Crippen LogP contribution in [-0.2, 0) is 48.9 Å². The van der Waals surface area contributed by atoms with Crippen LogP contribution in [0.2, 0.25) is 0 Å². The molecule has 14 nitrogen and oxygen atoms in total. The van der Waals surface area contributed by atoms with Crippen LogP contribution in [-0.4, -0.2) is 126 Å². The number of amides is 3. The molecule has 0 bridgehead atoms. The largest absolute Gasteiger partial charge is 0.508 e. The van der Waals surface area contributed by atoms with Crippen molar-refractivity contribution in [1.82, 2.24) is 24.2 Å². The number of ether oxygens (including phenoxy) is 3. The fraction of sp³-hybridized carbons (Fsp3) is 0.377. The Balaban J connectivity index is 0.950. The number of carbonyl (C=O) groups excluding carboxylic acids is 3. The first-order valence-corrected chi connectivity index (χ1v) is 26.5. The summed E-state index contributed by atoms with van der Waals surface area (Å²) in [5.74, 6) is -0.519. The highest BCUT2D eigenvalue weighted by Crippen LogP contribution is 2.48. The molecule has 1 spiro atoms. The van der Waals surface area contributed by atoms with Gasteiger partial charge in [0, 0.05) is 107 Å². The number of benzene rings is 5. The molecular weight excluding hydrogens is 962 g/mol. The summed E-state index contributed by atoms with van der Waals surface area (Å²) >= 11 is 0. The maximum atomic E-state index is 16.0. The van der Waals surface area contributed by atoms with Gasteiger partial charge in [-0.3, -0.25) is 24.2 Å². The molecule has 6 aromatic rings. The first kappa shape index (κ1) is 50.6. The van der Waals surface area contributed by atoms with Crippen molar-refractivity contribution >= 4 is 29.1 Å². The number of aromatic hydroxyl groups is 1. The topological polar surface area (TPSA) is 144 Å². The molecule has 11 rings (SSSR count). The van der Waals surface area contributed by atoms with Crippen molar-refractivity contribution in [3.8, 4) is 34.4 Å². The van der Waals surface area contributed by atoms with Crippen LogP contribution in [0.25, 0.3) is 11.1 Å². The minimum Gasteiger partial charge on any atom is -0.508 e. The van der Waals surface area contributed by atoms with E-state index in [9.17, 15) is 15.2 Å². The average molecular weight is 1030 g/mol. The summed E-state index contributed by atoms with van der Waals surface area (Å²) in [6.07, 6.45) is 6.71. The smallest absolute Gasteiger partial charge is 0.265 e. The van der Waals surface area contributed by atoms with Gasteiger partial charge in [0.25, 0.3) is 11.8 Å². The third-order valence-electron chi connectivity index (χ3n) is 16.6. The molecule has 76 heavy (non-hydrogen) atoms. The molecule has 1 atom stereocenters. The van der Waals surface area contributed by atoms with Crippen molar-refractivity contribution < 1.29 is 38.1 Å². The summed E-state index contributed by atoms with van der Waals surface area (Å²) in [5, 5.41) is 20.5. The van der Waals surface area contributed by atoms with Gasteiger partial charge >= 0.3 is 0 Å². The number of carbonyl (C=O) groups is 3. The number of nitriles is 1. The van der Waals surface area contributed by atoms with Crippen LogP contribution in [0.4, 0.5) is 15.8 Å². The van der Waals surface area contributed by atoms with Crippen LogP contribution in [0, 0.1) is 29.5 Å². The van der Waals surface area contributed by atoms with Crippen LogP contribution >= 0.6 is 0 Å². The number of aromatic nitrogens is 1. The molecule has 1 N–H and O–H groups in total. The summed E-state index contributed by atoms with van der Waals surface area (Å²) in [5.41, 5.74) is 8.43. The number of hydrogen-bond donors (Lipinski definition) is 1. The van der Waals surface area contributed by atoms with Crippen molar-refractivity contribution in [3.05, 3.63) is 159 Å². The molecule has 0 unspecified atom stereocenters. The van der Waals surface area contributed by atoms with Crippen molar-refractivity contribution in [3.63, 3.8) is 0 Å². The van der Waals surface area contributed by atoms with Gasteiger partial charge in [0.2, 0.25) is 5.91 Å². The van der Waals surface area contributed by atoms with E-state index in [1.807, 2.05) is 47.8 Å². The number of halogens is 1. The van der Waals surface area contributed by atoms with E-state index in [1.54, 1.807) is 47.4 Å². The number of morpholine rings is 1. The number of fused-ring (bicyclic) bond motifs is 2. The quantitative estimate of drug-likeness (QED) is 0.113. The predicted octanol–water partition coefficient (Wildman–Crippen LogP) is 8.60. The lowest BCUT2D eigenvalue weighted by molar-refractivity contribution is -0.131. The molecule has 0 radical (unpaired) electrons. The zero-order valence-electron chi connectivity index (χ0n) is 43.5. The fourth-order valence-electron chi connectivity index (χ4n) is 12.1. The van der Waals surface area contributed by atoms with Crippen LogP contribution in [0.1, 0.15) is 79.1 Å². The van der Waals surface area contributed by atoms with Crippen LogP contribution in [0.15, 0.2) is 103 Å². The average Bonchev–Trinajstić information content (AvgIpc) is 3.73. The normalized spacial score (nSPS) is 18.0. The maximum Gasteiger partial charge on any atom is 0.265 e. The SMILES string of the molecule is COc1ccc(N(C(=O)c2c(-c3cc4c(cc3C(=O)N3Cc5ccccc5C[C@H]3CN3CC5(CCC5)C3)CN(C(=O)Cc3ccc(OCCN5CCOCC5)cc3F)CC4)cn(C)c2C)c2ccc(O)cc2)cc1C#N. The molecule has 5 heterocycles. The Morgan fingerprint density at radius 3 is 2.36 bits per heavy atom. The number of aryl methyl sites for hydroxylation is 1. The van der Waals surface area contributed by atoms with Crippen molar-refractivity contribution in [1.29, 1.82) is 5.26 Å². The standard InChI is InChI=1S/C61H64FN7O7/c1-40-58(60(73)69(47-10-13-50(70)14-11-47)48-12-16-56(74-3)45(28-48)33-63)54(37-64(40)2)52-29-42-17-20-67(57(71)31-43-9-15-51(32-55(43)62)76-26-23-65-21-24-75-25-22-65)34-46(42)30-53(52)59(72)68-35-44-8-5-4-7-41(44)27-49(68)36-66-38-61(39-66)18-6-19-61/h4-5,7-16,28-30,32,37,49,70H,6,17-27,31,34-36,38-39H2,1-3H3/t49-/m0/s1. The number of methoxy groups -OCH3 is 1. The fourth-order valence-corrected chi connectivity index (χ4v) is 12.1. The van der Waals surface area contributed by atoms with E-state index >= 15 is 14.0 Å². The molecule has 392 valence electrons. The highest BCUT2D eigenvalue weighted by Gasteiger charge is 2.48. The monoisotopic (exact) mass is 1030 g/mol. The van der Waals surface area contributed by atoms with E-state index < -0.39 is 11.7 Å². The van der Waals surface area contributed by atoms with E-state index in [0.29, 0.717) is 109 Å². The van der Waals surface area contributed by atoms with Gasteiger partial charge in [-0.25, -0.2) is 4.39 Å². The summed E-state index contributed by atoms with van der Waals surface area (Å²) in [6.45, 7) is 9.86. The number of anilines is 2. The molecule has 5 aliphatic rings. The third-order valence-corrected chi connectivity index (χ3v) is 16.6. The summed E-state index contributed by atoms with van der Waals surface area (Å²) in [4.78, 5) is 55.9. The highest BCUT2D eigenvalue weighted by atomic mass is 19.1. The molecule has 1 aromatic heterocycles.